The molecule has 4 rings (SSSR count). The first-order valence-electron chi connectivity index (χ1n) is 7.57. The maximum absolute atomic E-state index is 12.1. The number of hydrogen-bond donors (Lipinski definition) is 1. The molecule has 0 spiro atoms. The Kier molecular flexibility index (Phi) is 3.42. The Labute approximate surface area is 142 Å². The topological polar surface area (TPSA) is 50.2 Å². The highest BCUT2D eigenvalue weighted by Crippen LogP contribution is 2.47. The highest BCUT2D eigenvalue weighted by Gasteiger charge is 2.33. The number of hydrogen-bond acceptors (Lipinski definition) is 2. The molecule has 1 aliphatic rings. The number of fused-ring (bicyclic) bond motifs is 1. The van der Waals surface area contributed by atoms with Crippen LogP contribution in [-0.2, 0) is 0 Å². The molecule has 1 heterocycles. The standard InChI is InChI=1S/C19H14BrNO2/c20-13-7-4-8-14-16(13)17(19(22)23)15(11-9-10-11)18(21-14)12-5-2-1-3-6-12/h1-8,11H,9-10H2,(H,22,23). The van der Waals surface area contributed by atoms with E-state index in [1.807, 2.05) is 48.5 Å². The molecule has 1 saturated carbocycles. The minimum Gasteiger partial charge on any atom is -0.478 e. The molecule has 2 aromatic carbocycles. The molecule has 1 aromatic heterocycles. The average Bonchev–Trinajstić information content (AvgIpc) is 3.39. The molecule has 1 aliphatic carbocycles. The van der Waals surface area contributed by atoms with Crippen LogP contribution in [0.4, 0.5) is 0 Å². The van der Waals surface area contributed by atoms with Gasteiger partial charge >= 0.3 is 5.97 Å². The minimum absolute atomic E-state index is 0.292. The van der Waals surface area contributed by atoms with Gasteiger partial charge in [-0.2, -0.15) is 0 Å². The molecule has 0 radical (unpaired) electrons. The number of carboxylic acid groups (broad SMARTS) is 1. The predicted octanol–water partition coefficient (Wildman–Crippen LogP) is 5.24. The molecule has 1 fully saturated rings. The molecule has 1 N–H and O–H groups in total. The number of benzene rings is 2. The number of rotatable bonds is 3. The first kappa shape index (κ1) is 14.4. The second-order valence-electron chi connectivity index (χ2n) is 5.83. The van der Waals surface area contributed by atoms with Crippen LogP contribution in [-0.4, -0.2) is 16.1 Å². The van der Waals surface area contributed by atoms with Gasteiger partial charge in [0.05, 0.1) is 16.8 Å². The number of nitrogens with zero attached hydrogens (tertiary/aromatic N) is 1. The molecule has 0 aliphatic heterocycles. The molecule has 3 aromatic rings. The van der Waals surface area contributed by atoms with E-state index in [1.54, 1.807) is 0 Å². The van der Waals surface area contributed by atoms with Gasteiger partial charge in [0.2, 0.25) is 0 Å². The Morgan fingerprint density at radius 3 is 2.48 bits per heavy atom. The zero-order chi connectivity index (χ0) is 16.0. The van der Waals surface area contributed by atoms with Crippen LogP contribution in [0.15, 0.2) is 53.0 Å². The van der Waals surface area contributed by atoms with Crippen molar-refractivity contribution in [3.63, 3.8) is 0 Å². The van der Waals surface area contributed by atoms with E-state index in [9.17, 15) is 9.90 Å². The Hall–Kier alpha value is -2.20. The van der Waals surface area contributed by atoms with Crippen molar-refractivity contribution in [2.24, 2.45) is 0 Å². The third-order valence-electron chi connectivity index (χ3n) is 4.25. The van der Waals surface area contributed by atoms with E-state index in [2.05, 4.69) is 15.9 Å². The minimum atomic E-state index is -0.886. The largest absolute Gasteiger partial charge is 0.478 e. The van der Waals surface area contributed by atoms with E-state index in [0.717, 1.165) is 34.1 Å². The molecule has 0 unspecified atom stereocenters. The van der Waals surface area contributed by atoms with Crippen molar-refractivity contribution in [3.8, 4) is 11.3 Å². The maximum atomic E-state index is 12.1. The zero-order valence-electron chi connectivity index (χ0n) is 12.3. The quantitative estimate of drug-likeness (QED) is 0.688. The third-order valence-corrected chi connectivity index (χ3v) is 4.91. The third kappa shape index (κ3) is 2.43. The summed E-state index contributed by atoms with van der Waals surface area (Å²) >= 11 is 3.50. The summed E-state index contributed by atoms with van der Waals surface area (Å²) in [5, 5.41) is 10.6. The summed E-state index contributed by atoms with van der Waals surface area (Å²) in [5.41, 5.74) is 3.75. The molecule has 4 heteroatoms. The summed E-state index contributed by atoms with van der Waals surface area (Å²) in [7, 11) is 0. The lowest BCUT2D eigenvalue weighted by Crippen LogP contribution is -2.07. The second-order valence-corrected chi connectivity index (χ2v) is 6.68. The fraction of sp³-hybridized carbons (Fsp3) is 0.158. The van der Waals surface area contributed by atoms with Crippen LogP contribution in [0.3, 0.4) is 0 Å². The first-order valence-corrected chi connectivity index (χ1v) is 8.37. The van der Waals surface area contributed by atoms with Crippen molar-refractivity contribution in [1.82, 2.24) is 4.98 Å². The van der Waals surface area contributed by atoms with Crippen LogP contribution in [0.1, 0.15) is 34.7 Å². The van der Waals surface area contributed by atoms with Crippen LogP contribution in [0.5, 0.6) is 0 Å². The van der Waals surface area contributed by atoms with E-state index in [-0.39, 0.29) is 0 Å². The van der Waals surface area contributed by atoms with E-state index in [0.29, 0.717) is 22.4 Å². The summed E-state index contributed by atoms with van der Waals surface area (Å²) in [6.45, 7) is 0. The molecule has 0 saturated heterocycles. The SMILES string of the molecule is O=C(O)c1c(C2CC2)c(-c2ccccc2)nc2cccc(Br)c12. The van der Waals surface area contributed by atoms with Crippen molar-refractivity contribution in [2.45, 2.75) is 18.8 Å². The predicted molar refractivity (Wildman–Crippen MR) is 93.8 cm³/mol. The molecule has 23 heavy (non-hydrogen) atoms. The lowest BCUT2D eigenvalue weighted by atomic mass is 9.93. The van der Waals surface area contributed by atoms with Crippen LogP contribution < -0.4 is 0 Å². The number of carbonyl (C=O) groups is 1. The molecule has 0 amide bonds. The van der Waals surface area contributed by atoms with Crippen LogP contribution >= 0.6 is 15.9 Å². The Morgan fingerprint density at radius 2 is 1.83 bits per heavy atom. The maximum Gasteiger partial charge on any atom is 0.336 e. The number of pyridine rings is 1. The van der Waals surface area contributed by atoms with Gasteiger partial charge < -0.3 is 5.11 Å². The molecule has 0 bridgehead atoms. The van der Waals surface area contributed by atoms with Gasteiger partial charge in [0.15, 0.2) is 0 Å². The Morgan fingerprint density at radius 1 is 1.09 bits per heavy atom. The van der Waals surface area contributed by atoms with E-state index < -0.39 is 5.97 Å². The normalized spacial score (nSPS) is 14.1. The number of halogens is 1. The van der Waals surface area contributed by atoms with Gasteiger partial charge in [-0.05, 0) is 36.5 Å². The molecule has 0 atom stereocenters. The van der Waals surface area contributed by atoms with Crippen molar-refractivity contribution >= 4 is 32.8 Å². The lowest BCUT2D eigenvalue weighted by Gasteiger charge is -2.15. The highest BCUT2D eigenvalue weighted by atomic mass is 79.9. The molecular formula is C19H14BrNO2. The van der Waals surface area contributed by atoms with Crippen LogP contribution in [0.25, 0.3) is 22.2 Å². The van der Waals surface area contributed by atoms with E-state index >= 15 is 0 Å². The Balaban J connectivity index is 2.15. The van der Waals surface area contributed by atoms with Crippen LogP contribution in [0, 0.1) is 0 Å². The number of aromatic nitrogens is 1. The van der Waals surface area contributed by atoms with Crippen LogP contribution in [0.2, 0.25) is 0 Å². The molecule has 3 nitrogen and oxygen atoms in total. The Bertz CT molecular complexity index is 918. The molecular weight excluding hydrogens is 354 g/mol. The summed E-state index contributed by atoms with van der Waals surface area (Å²) in [5.74, 6) is -0.594. The summed E-state index contributed by atoms with van der Waals surface area (Å²) in [6.07, 6.45) is 2.05. The van der Waals surface area contributed by atoms with E-state index in [4.69, 9.17) is 4.98 Å². The fourth-order valence-electron chi connectivity index (χ4n) is 3.09. The van der Waals surface area contributed by atoms with E-state index in [1.165, 1.54) is 0 Å². The van der Waals surface area contributed by atoms with Crippen molar-refractivity contribution in [1.29, 1.82) is 0 Å². The fourth-order valence-corrected chi connectivity index (χ4v) is 3.65. The summed E-state index contributed by atoms with van der Waals surface area (Å²) in [4.78, 5) is 16.9. The highest BCUT2D eigenvalue weighted by molar-refractivity contribution is 9.10. The van der Waals surface area contributed by atoms with Crippen molar-refractivity contribution in [2.75, 3.05) is 0 Å². The van der Waals surface area contributed by atoms with Gasteiger partial charge in [0.25, 0.3) is 0 Å². The first-order chi connectivity index (χ1) is 11.2. The summed E-state index contributed by atoms with van der Waals surface area (Å²) < 4.78 is 0.779. The van der Waals surface area contributed by atoms with Gasteiger partial charge in [-0.25, -0.2) is 9.78 Å². The molecule has 114 valence electrons. The van der Waals surface area contributed by atoms with Crippen molar-refractivity contribution < 1.29 is 9.90 Å². The smallest absolute Gasteiger partial charge is 0.336 e. The lowest BCUT2D eigenvalue weighted by molar-refractivity contribution is 0.0697. The monoisotopic (exact) mass is 367 g/mol. The average molecular weight is 368 g/mol. The number of aromatic carboxylic acids is 1. The second kappa shape index (κ2) is 5.46. The van der Waals surface area contributed by atoms with Crippen molar-refractivity contribution in [3.05, 3.63) is 64.1 Å². The van der Waals surface area contributed by atoms with Gasteiger partial charge in [0.1, 0.15) is 0 Å². The number of carboxylic acids is 1. The van der Waals surface area contributed by atoms with Gasteiger partial charge in [-0.3, -0.25) is 0 Å². The van der Waals surface area contributed by atoms with Gasteiger partial charge in [0, 0.05) is 15.4 Å². The van der Waals surface area contributed by atoms with Gasteiger partial charge in [-0.15, -0.1) is 0 Å². The van der Waals surface area contributed by atoms with Gasteiger partial charge in [-0.1, -0.05) is 52.3 Å². The summed E-state index contributed by atoms with van der Waals surface area (Å²) in [6, 6.07) is 15.5. The zero-order valence-corrected chi connectivity index (χ0v) is 13.9.